The fraction of sp³-hybridized carbons (Fsp3) is 1.00. The minimum absolute atomic E-state index is 0.247. The van der Waals surface area contributed by atoms with Gasteiger partial charge in [0.15, 0.2) is 9.84 Å². The van der Waals surface area contributed by atoms with Crippen LogP contribution < -0.4 is 5.32 Å². The van der Waals surface area contributed by atoms with E-state index >= 15 is 0 Å². The van der Waals surface area contributed by atoms with E-state index in [0.717, 1.165) is 11.8 Å². The molecule has 1 rings (SSSR count). The van der Waals surface area contributed by atoms with Crippen LogP contribution >= 0.6 is 0 Å². The highest BCUT2D eigenvalue weighted by Gasteiger charge is 2.29. The van der Waals surface area contributed by atoms with Crippen molar-refractivity contribution in [2.24, 2.45) is 11.8 Å². The number of hydrogen-bond donors (Lipinski definition) is 1. The normalized spacial score (nSPS) is 30.4. The molecule has 0 bridgehead atoms. The van der Waals surface area contributed by atoms with Gasteiger partial charge in [-0.3, -0.25) is 0 Å². The first kappa shape index (κ1) is 16.0. The van der Waals surface area contributed by atoms with E-state index in [2.05, 4.69) is 19.2 Å². The van der Waals surface area contributed by atoms with Crippen molar-refractivity contribution in [2.75, 3.05) is 12.3 Å². The van der Waals surface area contributed by atoms with Gasteiger partial charge in [0.1, 0.15) is 0 Å². The Morgan fingerprint density at radius 1 is 1.11 bits per heavy atom. The van der Waals surface area contributed by atoms with Crippen LogP contribution in [0.2, 0.25) is 0 Å². The summed E-state index contributed by atoms with van der Waals surface area (Å²) in [5.41, 5.74) is 0. The molecular weight excluding hydrogens is 246 g/mol. The van der Waals surface area contributed by atoms with Crippen LogP contribution in [0.4, 0.5) is 0 Å². The molecule has 0 saturated heterocycles. The smallest absolute Gasteiger partial charge is 0.156 e. The van der Waals surface area contributed by atoms with E-state index in [0.29, 0.717) is 12.6 Å². The average molecular weight is 275 g/mol. The standard InChI is InChI=1S/C14H29NO2S/c1-11-6-7-13(10-12(11)2)15-8-9-18(16,17)14(3,4)5/h11-13,15H,6-10H2,1-5H3. The van der Waals surface area contributed by atoms with Crippen LogP contribution in [0.3, 0.4) is 0 Å². The molecule has 108 valence electrons. The largest absolute Gasteiger partial charge is 0.313 e. The van der Waals surface area contributed by atoms with Crippen molar-refractivity contribution < 1.29 is 8.42 Å². The molecule has 3 atom stereocenters. The lowest BCUT2D eigenvalue weighted by atomic mass is 9.79. The van der Waals surface area contributed by atoms with Crippen LogP contribution in [0.1, 0.15) is 53.9 Å². The maximum atomic E-state index is 12.0. The van der Waals surface area contributed by atoms with Crippen LogP contribution in [0, 0.1) is 11.8 Å². The third-order valence-corrected chi connectivity index (χ3v) is 6.94. The Kier molecular flexibility index (Phi) is 5.24. The molecule has 0 aliphatic heterocycles. The van der Waals surface area contributed by atoms with E-state index in [-0.39, 0.29) is 5.75 Å². The summed E-state index contributed by atoms with van der Waals surface area (Å²) in [6.45, 7) is 10.5. The number of nitrogens with one attached hydrogen (secondary N) is 1. The molecule has 0 heterocycles. The van der Waals surface area contributed by atoms with Crippen LogP contribution in [0.25, 0.3) is 0 Å². The van der Waals surface area contributed by atoms with Gasteiger partial charge in [-0.1, -0.05) is 13.8 Å². The number of rotatable bonds is 4. The molecule has 1 aliphatic carbocycles. The van der Waals surface area contributed by atoms with E-state index in [1.165, 1.54) is 19.3 Å². The average Bonchev–Trinajstić information content (AvgIpc) is 2.21. The van der Waals surface area contributed by atoms with Gasteiger partial charge in [-0.05, 0) is 51.9 Å². The summed E-state index contributed by atoms with van der Waals surface area (Å²) in [7, 11) is -2.99. The van der Waals surface area contributed by atoms with E-state index in [1.54, 1.807) is 20.8 Å². The van der Waals surface area contributed by atoms with Crippen LogP contribution in [-0.4, -0.2) is 31.5 Å². The SMILES string of the molecule is CC1CCC(NCCS(=O)(=O)C(C)(C)C)CC1C. The van der Waals surface area contributed by atoms with Crippen molar-refractivity contribution in [3.8, 4) is 0 Å². The highest BCUT2D eigenvalue weighted by Crippen LogP contribution is 2.29. The molecule has 1 saturated carbocycles. The predicted octanol–water partition coefficient (Wildman–Crippen LogP) is 2.61. The predicted molar refractivity (Wildman–Crippen MR) is 77.5 cm³/mol. The fourth-order valence-corrected chi connectivity index (χ4v) is 3.44. The van der Waals surface area contributed by atoms with Gasteiger partial charge in [0, 0.05) is 12.6 Å². The quantitative estimate of drug-likeness (QED) is 0.858. The lowest BCUT2D eigenvalue weighted by Gasteiger charge is -2.32. The molecule has 18 heavy (non-hydrogen) atoms. The van der Waals surface area contributed by atoms with Gasteiger partial charge < -0.3 is 5.32 Å². The summed E-state index contributed by atoms with van der Waals surface area (Å²) in [5, 5.41) is 3.42. The van der Waals surface area contributed by atoms with Crippen LogP contribution in [0.15, 0.2) is 0 Å². The first-order valence-corrected chi connectivity index (χ1v) is 8.74. The van der Waals surface area contributed by atoms with Crippen molar-refractivity contribution in [3.63, 3.8) is 0 Å². The maximum absolute atomic E-state index is 12.0. The molecule has 0 spiro atoms. The van der Waals surface area contributed by atoms with Crippen LogP contribution in [0.5, 0.6) is 0 Å². The highest BCUT2D eigenvalue weighted by atomic mass is 32.2. The molecule has 3 nitrogen and oxygen atoms in total. The van der Waals surface area contributed by atoms with Gasteiger partial charge in [0.05, 0.1) is 10.5 Å². The van der Waals surface area contributed by atoms with Gasteiger partial charge >= 0.3 is 0 Å². The summed E-state index contributed by atoms with van der Waals surface area (Å²) in [5.74, 6) is 1.80. The van der Waals surface area contributed by atoms with Crippen molar-refractivity contribution in [1.82, 2.24) is 5.32 Å². The second-order valence-corrected chi connectivity index (χ2v) is 9.71. The molecule has 0 aromatic rings. The Labute approximate surface area is 113 Å². The molecule has 1 fully saturated rings. The lowest BCUT2D eigenvalue weighted by Crippen LogP contribution is -2.40. The Balaban J connectivity index is 2.35. The van der Waals surface area contributed by atoms with Crippen molar-refractivity contribution in [1.29, 1.82) is 0 Å². The second kappa shape index (κ2) is 5.91. The first-order valence-electron chi connectivity index (χ1n) is 7.09. The molecular formula is C14H29NO2S. The van der Waals surface area contributed by atoms with Gasteiger partial charge in [0.2, 0.25) is 0 Å². The Bertz CT molecular complexity index is 356. The van der Waals surface area contributed by atoms with E-state index in [1.807, 2.05) is 0 Å². The molecule has 0 aromatic heterocycles. The summed E-state index contributed by atoms with van der Waals surface area (Å²) >= 11 is 0. The van der Waals surface area contributed by atoms with Crippen molar-refractivity contribution >= 4 is 9.84 Å². The van der Waals surface area contributed by atoms with Gasteiger partial charge in [-0.15, -0.1) is 0 Å². The maximum Gasteiger partial charge on any atom is 0.156 e. The molecule has 0 radical (unpaired) electrons. The topological polar surface area (TPSA) is 46.2 Å². The number of hydrogen-bond acceptors (Lipinski definition) is 3. The molecule has 1 N–H and O–H groups in total. The third kappa shape index (κ3) is 4.23. The van der Waals surface area contributed by atoms with Gasteiger partial charge in [-0.25, -0.2) is 8.42 Å². The highest BCUT2D eigenvalue weighted by molar-refractivity contribution is 7.92. The number of sulfone groups is 1. The Morgan fingerprint density at radius 3 is 2.22 bits per heavy atom. The van der Waals surface area contributed by atoms with Gasteiger partial charge in [-0.2, -0.15) is 0 Å². The van der Waals surface area contributed by atoms with Crippen LogP contribution in [-0.2, 0) is 9.84 Å². The third-order valence-electron chi connectivity index (χ3n) is 4.33. The molecule has 1 aliphatic rings. The van der Waals surface area contributed by atoms with Gasteiger partial charge in [0.25, 0.3) is 0 Å². The van der Waals surface area contributed by atoms with Crippen molar-refractivity contribution in [3.05, 3.63) is 0 Å². The summed E-state index contributed by atoms with van der Waals surface area (Å²) in [6, 6.07) is 0.506. The van der Waals surface area contributed by atoms with E-state index in [4.69, 9.17) is 0 Å². The first-order chi connectivity index (χ1) is 8.13. The fourth-order valence-electron chi connectivity index (χ4n) is 2.44. The minimum atomic E-state index is -2.99. The monoisotopic (exact) mass is 275 g/mol. The lowest BCUT2D eigenvalue weighted by molar-refractivity contribution is 0.228. The van der Waals surface area contributed by atoms with E-state index in [9.17, 15) is 8.42 Å². The second-order valence-electron chi connectivity index (χ2n) is 6.85. The Morgan fingerprint density at radius 2 is 1.72 bits per heavy atom. The zero-order valence-electron chi connectivity index (χ0n) is 12.5. The summed E-state index contributed by atoms with van der Waals surface area (Å²) < 4.78 is 23.3. The van der Waals surface area contributed by atoms with E-state index < -0.39 is 14.6 Å². The molecule has 0 amide bonds. The molecule has 4 heteroatoms. The van der Waals surface area contributed by atoms with Crippen molar-refractivity contribution in [2.45, 2.75) is 64.7 Å². The minimum Gasteiger partial charge on any atom is -0.313 e. The summed E-state index contributed by atoms with van der Waals surface area (Å²) in [4.78, 5) is 0. The molecule has 3 unspecified atom stereocenters. The summed E-state index contributed by atoms with van der Waals surface area (Å²) in [6.07, 6.45) is 3.61. The zero-order chi connectivity index (χ0) is 14.0. The Hall–Kier alpha value is -0.0900. The molecule has 0 aromatic carbocycles. The zero-order valence-corrected chi connectivity index (χ0v) is 13.3.